The topological polar surface area (TPSA) is 57.8 Å². The Bertz CT molecular complexity index is 914. The third-order valence-corrected chi connectivity index (χ3v) is 3.93. The molecule has 4 nitrogen and oxygen atoms in total. The summed E-state index contributed by atoms with van der Waals surface area (Å²) in [4.78, 5) is 12.4. The molecule has 2 aromatic carbocycles. The fourth-order valence-corrected chi connectivity index (χ4v) is 2.57. The lowest BCUT2D eigenvalue weighted by atomic mass is 10.1. The number of nitrogens with zero attached hydrogens (tertiary/aromatic N) is 1. The second-order valence-corrected chi connectivity index (χ2v) is 5.91. The highest BCUT2D eigenvalue weighted by Gasteiger charge is 2.29. The first-order valence-electron chi connectivity index (χ1n) is 7.89. The Morgan fingerprint density at radius 3 is 2.54 bits per heavy atom. The normalized spacial score (nSPS) is 11.4. The van der Waals surface area contributed by atoms with E-state index < -0.39 is 11.7 Å². The van der Waals surface area contributed by atoms with Gasteiger partial charge in [0.25, 0.3) is 5.91 Å². The van der Waals surface area contributed by atoms with E-state index in [1.807, 2.05) is 31.2 Å². The van der Waals surface area contributed by atoms with Crippen LogP contribution < -0.4 is 5.32 Å². The van der Waals surface area contributed by atoms with Gasteiger partial charge in [-0.1, -0.05) is 35.9 Å². The SMILES string of the molecule is Cc1cccc(-c2[nH]ncc2C(=O)NCc2ccc(C(F)(F)F)cc2)c1. The van der Waals surface area contributed by atoms with Crippen molar-refractivity contribution in [2.45, 2.75) is 19.6 Å². The molecular formula is C19H16F3N3O. The van der Waals surface area contributed by atoms with Gasteiger partial charge in [0.2, 0.25) is 0 Å². The summed E-state index contributed by atoms with van der Waals surface area (Å²) in [5, 5.41) is 9.45. The second-order valence-electron chi connectivity index (χ2n) is 5.91. The van der Waals surface area contributed by atoms with E-state index in [0.717, 1.165) is 23.3 Å². The van der Waals surface area contributed by atoms with Crippen molar-refractivity contribution < 1.29 is 18.0 Å². The number of aryl methyl sites for hydroxylation is 1. The molecule has 26 heavy (non-hydrogen) atoms. The number of rotatable bonds is 4. The van der Waals surface area contributed by atoms with Gasteiger partial charge in [0.05, 0.1) is 23.0 Å². The highest BCUT2D eigenvalue weighted by molar-refractivity contribution is 5.99. The van der Waals surface area contributed by atoms with Gasteiger partial charge in [-0.3, -0.25) is 9.89 Å². The largest absolute Gasteiger partial charge is 0.416 e. The number of benzene rings is 2. The molecule has 7 heteroatoms. The molecular weight excluding hydrogens is 343 g/mol. The van der Waals surface area contributed by atoms with E-state index in [1.54, 1.807) is 0 Å². The smallest absolute Gasteiger partial charge is 0.348 e. The lowest BCUT2D eigenvalue weighted by Gasteiger charge is -2.09. The van der Waals surface area contributed by atoms with Crippen LogP contribution in [0.15, 0.2) is 54.7 Å². The zero-order valence-corrected chi connectivity index (χ0v) is 13.9. The molecule has 1 aromatic heterocycles. The minimum absolute atomic E-state index is 0.120. The maximum absolute atomic E-state index is 12.6. The summed E-state index contributed by atoms with van der Waals surface area (Å²) in [6.07, 6.45) is -2.94. The van der Waals surface area contributed by atoms with Gasteiger partial charge in [0, 0.05) is 12.1 Å². The summed E-state index contributed by atoms with van der Waals surface area (Å²) in [7, 11) is 0. The van der Waals surface area contributed by atoms with E-state index >= 15 is 0 Å². The second kappa shape index (κ2) is 7.03. The first-order chi connectivity index (χ1) is 12.3. The number of aromatic amines is 1. The van der Waals surface area contributed by atoms with Crippen molar-refractivity contribution >= 4 is 5.91 Å². The van der Waals surface area contributed by atoms with Crippen LogP contribution in [0.25, 0.3) is 11.3 Å². The van der Waals surface area contributed by atoms with Crippen molar-refractivity contribution in [3.05, 3.63) is 77.0 Å². The Morgan fingerprint density at radius 1 is 1.15 bits per heavy atom. The summed E-state index contributed by atoms with van der Waals surface area (Å²) in [5.41, 5.74) is 2.72. The third kappa shape index (κ3) is 3.93. The van der Waals surface area contributed by atoms with E-state index in [9.17, 15) is 18.0 Å². The van der Waals surface area contributed by atoms with Gasteiger partial charge in [-0.25, -0.2) is 0 Å². The average molecular weight is 359 g/mol. The number of hydrogen-bond donors (Lipinski definition) is 2. The molecule has 0 saturated heterocycles. The molecule has 0 spiro atoms. The number of carbonyl (C=O) groups is 1. The number of aromatic nitrogens is 2. The summed E-state index contributed by atoms with van der Waals surface area (Å²) in [6, 6.07) is 12.3. The van der Waals surface area contributed by atoms with Gasteiger partial charge in [-0.2, -0.15) is 18.3 Å². The Morgan fingerprint density at radius 2 is 1.88 bits per heavy atom. The lowest BCUT2D eigenvalue weighted by Crippen LogP contribution is -2.23. The summed E-state index contributed by atoms with van der Waals surface area (Å²) >= 11 is 0. The molecule has 0 aliphatic carbocycles. The minimum atomic E-state index is -4.37. The highest BCUT2D eigenvalue weighted by atomic mass is 19.4. The molecule has 0 aliphatic rings. The van der Waals surface area contributed by atoms with E-state index in [1.165, 1.54) is 18.3 Å². The molecule has 0 saturated carbocycles. The molecule has 0 unspecified atom stereocenters. The monoisotopic (exact) mass is 359 g/mol. The number of halogens is 3. The molecule has 134 valence electrons. The van der Waals surface area contributed by atoms with Gasteiger partial charge < -0.3 is 5.32 Å². The molecule has 1 amide bonds. The molecule has 0 radical (unpaired) electrons. The number of hydrogen-bond acceptors (Lipinski definition) is 2. The first-order valence-corrected chi connectivity index (χ1v) is 7.89. The predicted molar refractivity (Wildman–Crippen MR) is 91.4 cm³/mol. The summed E-state index contributed by atoms with van der Waals surface area (Å²) in [5.74, 6) is -0.352. The van der Waals surface area contributed by atoms with Crippen LogP contribution in [0.4, 0.5) is 13.2 Å². The van der Waals surface area contributed by atoms with Gasteiger partial charge in [-0.05, 0) is 30.7 Å². The molecule has 2 N–H and O–H groups in total. The molecule has 1 heterocycles. The van der Waals surface area contributed by atoms with Gasteiger partial charge in [0.15, 0.2) is 0 Å². The van der Waals surface area contributed by atoms with Crippen molar-refractivity contribution in [1.29, 1.82) is 0 Å². The van der Waals surface area contributed by atoms with Crippen LogP contribution in [0.1, 0.15) is 27.0 Å². The minimum Gasteiger partial charge on any atom is -0.348 e. The summed E-state index contributed by atoms with van der Waals surface area (Å²) in [6.45, 7) is 2.07. The third-order valence-electron chi connectivity index (χ3n) is 3.93. The van der Waals surface area contributed by atoms with Crippen LogP contribution >= 0.6 is 0 Å². The quantitative estimate of drug-likeness (QED) is 0.728. The number of carbonyl (C=O) groups excluding carboxylic acids is 1. The number of alkyl halides is 3. The maximum Gasteiger partial charge on any atom is 0.416 e. The van der Waals surface area contributed by atoms with Crippen LogP contribution in [-0.2, 0) is 12.7 Å². The first kappa shape index (κ1) is 17.7. The van der Waals surface area contributed by atoms with Crippen molar-refractivity contribution in [2.75, 3.05) is 0 Å². The average Bonchev–Trinajstić information content (AvgIpc) is 3.09. The van der Waals surface area contributed by atoms with E-state index in [-0.39, 0.29) is 12.5 Å². The highest BCUT2D eigenvalue weighted by Crippen LogP contribution is 2.29. The van der Waals surface area contributed by atoms with Gasteiger partial charge in [-0.15, -0.1) is 0 Å². The van der Waals surface area contributed by atoms with Crippen LogP contribution in [0.5, 0.6) is 0 Å². The Labute approximate surface area is 148 Å². The molecule has 0 atom stereocenters. The van der Waals surface area contributed by atoms with Crippen LogP contribution in [0, 0.1) is 6.92 Å². The van der Waals surface area contributed by atoms with Crippen molar-refractivity contribution in [3.8, 4) is 11.3 Å². The van der Waals surface area contributed by atoms with Crippen LogP contribution in [-0.4, -0.2) is 16.1 Å². The fraction of sp³-hybridized carbons (Fsp3) is 0.158. The molecule has 3 aromatic rings. The lowest BCUT2D eigenvalue weighted by molar-refractivity contribution is -0.137. The zero-order chi connectivity index (χ0) is 18.7. The molecule has 0 bridgehead atoms. The Balaban J connectivity index is 1.71. The summed E-state index contributed by atoms with van der Waals surface area (Å²) < 4.78 is 37.7. The van der Waals surface area contributed by atoms with Crippen LogP contribution in [0.3, 0.4) is 0 Å². The van der Waals surface area contributed by atoms with Gasteiger partial charge >= 0.3 is 6.18 Å². The molecule has 0 fully saturated rings. The number of amides is 1. The van der Waals surface area contributed by atoms with Gasteiger partial charge in [0.1, 0.15) is 0 Å². The van der Waals surface area contributed by atoms with Crippen molar-refractivity contribution in [1.82, 2.24) is 15.5 Å². The standard InChI is InChI=1S/C19H16F3N3O/c1-12-3-2-4-14(9-12)17-16(11-24-25-17)18(26)23-10-13-5-7-15(8-6-13)19(20,21)22/h2-9,11H,10H2,1H3,(H,23,26)(H,24,25). The Hall–Kier alpha value is -3.09. The fourth-order valence-electron chi connectivity index (χ4n) is 2.57. The number of nitrogens with one attached hydrogen (secondary N) is 2. The Kier molecular flexibility index (Phi) is 4.79. The predicted octanol–water partition coefficient (Wildman–Crippen LogP) is 4.33. The van der Waals surface area contributed by atoms with E-state index in [0.29, 0.717) is 16.8 Å². The number of H-pyrrole nitrogens is 1. The zero-order valence-electron chi connectivity index (χ0n) is 13.9. The van der Waals surface area contributed by atoms with E-state index in [4.69, 9.17) is 0 Å². The van der Waals surface area contributed by atoms with E-state index in [2.05, 4.69) is 15.5 Å². The van der Waals surface area contributed by atoms with Crippen molar-refractivity contribution in [3.63, 3.8) is 0 Å². The van der Waals surface area contributed by atoms with Crippen molar-refractivity contribution in [2.24, 2.45) is 0 Å². The molecule has 3 rings (SSSR count). The maximum atomic E-state index is 12.6. The molecule has 0 aliphatic heterocycles. The van der Waals surface area contributed by atoms with Crippen LogP contribution in [0.2, 0.25) is 0 Å².